The first-order chi connectivity index (χ1) is 14.5. The van der Waals surface area contributed by atoms with Crippen LogP contribution in [0.4, 0.5) is 0 Å². The standard InChI is InChI=1S/C13H20O4.C8H18O5/c1-4-12(14)16-9-7-5-6-8-10-17-13(15)11(2)3;9-1-3-11-5-7-13-8-6-12-4-2-10/h4H,1-2,5-10H2,3H3;9-10H,1-8H2. The average molecular weight is 435 g/mol. The van der Waals surface area contributed by atoms with Gasteiger partial charge < -0.3 is 33.9 Å². The maximum absolute atomic E-state index is 11.0. The van der Waals surface area contributed by atoms with Gasteiger partial charge in [-0.1, -0.05) is 13.2 Å². The summed E-state index contributed by atoms with van der Waals surface area (Å²) in [5.41, 5.74) is 0.418. The van der Waals surface area contributed by atoms with Crippen LogP contribution < -0.4 is 0 Å². The Labute approximate surface area is 179 Å². The van der Waals surface area contributed by atoms with Crippen molar-refractivity contribution in [1.82, 2.24) is 0 Å². The van der Waals surface area contributed by atoms with E-state index in [2.05, 4.69) is 13.2 Å². The Kier molecular flexibility index (Phi) is 25.6. The number of aliphatic hydroxyl groups is 2. The van der Waals surface area contributed by atoms with Crippen LogP contribution in [0.2, 0.25) is 0 Å². The molecule has 0 aromatic carbocycles. The molecule has 0 spiro atoms. The zero-order chi connectivity index (χ0) is 22.9. The van der Waals surface area contributed by atoms with E-state index in [1.54, 1.807) is 6.92 Å². The third-order valence-corrected chi connectivity index (χ3v) is 3.25. The van der Waals surface area contributed by atoms with Crippen molar-refractivity contribution in [2.75, 3.05) is 66.1 Å². The second kappa shape index (κ2) is 25.3. The van der Waals surface area contributed by atoms with Crippen molar-refractivity contribution in [3.8, 4) is 0 Å². The first-order valence-corrected chi connectivity index (χ1v) is 10.1. The molecule has 0 saturated carbocycles. The summed E-state index contributed by atoms with van der Waals surface area (Å²) in [6, 6.07) is 0. The second-order valence-electron chi connectivity index (χ2n) is 5.99. The molecule has 0 heterocycles. The Morgan fingerprint density at radius 2 is 1.17 bits per heavy atom. The van der Waals surface area contributed by atoms with Gasteiger partial charge in [0.15, 0.2) is 0 Å². The van der Waals surface area contributed by atoms with Crippen LogP contribution in [0.25, 0.3) is 0 Å². The fourth-order valence-electron chi connectivity index (χ4n) is 1.75. The minimum absolute atomic E-state index is 0.0413. The lowest BCUT2D eigenvalue weighted by molar-refractivity contribution is -0.139. The van der Waals surface area contributed by atoms with Crippen LogP contribution in [0.1, 0.15) is 32.6 Å². The van der Waals surface area contributed by atoms with Gasteiger partial charge in [-0.2, -0.15) is 0 Å². The summed E-state index contributed by atoms with van der Waals surface area (Å²) in [4.78, 5) is 21.7. The lowest BCUT2D eigenvalue weighted by Crippen LogP contribution is -2.11. The predicted octanol–water partition coefficient (Wildman–Crippen LogP) is 1.42. The summed E-state index contributed by atoms with van der Waals surface area (Å²) in [7, 11) is 0. The molecule has 0 bridgehead atoms. The molecule has 0 aliphatic rings. The molecule has 0 aromatic rings. The van der Waals surface area contributed by atoms with Gasteiger partial charge >= 0.3 is 11.9 Å². The molecule has 30 heavy (non-hydrogen) atoms. The molecule has 176 valence electrons. The van der Waals surface area contributed by atoms with Gasteiger partial charge in [0.25, 0.3) is 0 Å². The van der Waals surface area contributed by atoms with E-state index >= 15 is 0 Å². The lowest BCUT2D eigenvalue weighted by atomic mass is 10.2. The summed E-state index contributed by atoms with van der Waals surface area (Å²) in [5.74, 6) is -0.731. The van der Waals surface area contributed by atoms with Crippen LogP contribution in [-0.2, 0) is 33.3 Å². The monoisotopic (exact) mass is 434 g/mol. The molecule has 0 aliphatic heterocycles. The fourth-order valence-corrected chi connectivity index (χ4v) is 1.75. The van der Waals surface area contributed by atoms with Crippen LogP contribution in [0.5, 0.6) is 0 Å². The van der Waals surface area contributed by atoms with Crippen molar-refractivity contribution in [2.24, 2.45) is 0 Å². The third-order valence-electron chi connectivity index (χ3n) is 3.25. The third kappa shape index (κ3) is 26.2. The topological polar surface area (TPSA) is 121 Å². The average Bonchev–Trinajstić information content (AvgIpc) is 2.74. The Morgan fingerprint density at radius 3 is 1.57 bits per heavy atom. The quantitative estimate of drug-likeness (QED) is 0.177. The predicted molar refractivity (Wildman–Crippen MR) is 112 cm³/mol. The molecule has 9 heteroatoms. The molecule has 0 unspecified atom stereocenters. The van der Waals surface area contributed by atoms with Crippen molar-refractivity contribution < 1.29 is 43.5 Å². The van der Waals surface area contributed by atoms with Crippen LogP contribution in [0.15, 0.2) is 24.8 Å². The largest absolute Gasteiger partial charge is 0.463 e. The molecular weight excluding hydrogens is 396 g/mol. The summed E-state index contributed by atoms with van der Waals surface area (Å²) in [6.45, 7) is 12.0. The maximum atomic E-state index is 11.0. The number of carbonyl (C=O) groups is 2. The lowest BCUT2D eigenvalue weighted by Gasteiger charge is -2.04. The van der Waals surface area contributed by atoms with Crippen molar-refractivity contribution in [1.29, 1.82) is 0 Å². The SMILES string of the molecule is C=CC(=O)OCCCCCCOC(=O)C(=C)C.OCCOCCOCCOCCO. The number of rotatable bonds is 19. The second-order valence-corrected chi connectivity index (χ2v) is 5.99. The molecule has 0 aliphatic carbocycles. The number of aliphatic hydroxyl groups excluding tert-OH is 2. The van der Waals surface area contributed by atoms with E-state index in [9.17, 15) is 9.59 Å². The van der Waals surface area contributed by atoms with Crippen LogP contribution in [0.3, 0.4) is 0 Å². The van der Waals surface area contributed by atoms with Crippen molar-refractivity contribution >= 4 is 11.9 Å². The Balaban J connectivity index is 0. The highest BCUT2D eigenvalue weighted by Crippen LogP contribution is 2.02. The van der Waals surface area contributed by atoms with E-state index in [0.29, 0.717) is 58.4 Å². The fraction of sp³-hybridized carbons (Fsp3) is 0.714. The van der Waals surface area contributed by atoms with E-state index in [-0.39, 0.29) is 25.2 Å². The molecule has 0 atom stereocenters. The van der Waals surface area contributed by atoms with Crippen molar-refractivity contribution in [3.05, 3.63) is 24.8 Å². The van der Waals surface area contributed by atoms with Gasteiger partial charge in [0, 0.05) is 11.6 Å². The zero-order valence-electron chi connectivity index (χ0n) is 18.1. The minimum atomic E-state index is -0.389. The summed E-state index contributed by atoms with van der Waals surface area (Å²) in [6.07, 6.45) is 4.66. The minimum Gasteiger partial charge on any atom is -0.463 e. The number of ether oxygens (including phenoxy) is 5. The van der Waals surface area contributed by atoms with Crippen LogP contribution in [-0.4, -0.2) is 88.2 Å². The van der Waals surface area contributed by atoms with Gasteiger partial charge in [-0.3, -0.25) is 0 Å². The van der Waals surface area contributed by atoms with Crippen LogP contribution in [0, 0.1) is 0 Å². The first-order valence-electron chi connectivity index (χ1n) is 10.1. The highest BCUT2D eigenvalue weighted by Gasteiger charge is 2.01. The first kappa shape index (κ1) is 30.4. The number of hydrogen-bond donors (Lipinski definition) is 2. The molecule has 0 amide bonds. The molecule has 0 fully saturated rings. The number of carbonyl (C=O) groups excluding carboxylic acids is 2. The van der Waals surface area contributed by atoms with E-state index in [1.807, 2.05) is 0 Å². The molecule has 9 nitrogen and oxygen atoms in total. The van der Waals surface area contributed by atoms with Gasteiger partial charge in [-0.25, -0.2) is 9.59 Å². The molecule has 0 rings (SSSR count). The molecule has 0 radical (unpaired) electrons. The molecule has 0 saturated heterocycles. The smallest absolute Gasteiger partial charge is 0.333 e. The Hall–Kier alpha value is -1.78. The van der Waals surface area contributed by atoms with E-state index in [0.717, 1.165) is 31.8 Å². The summed E-state index contributed by atoms with van der Waals surface area (Å²) >= 11 is 0. The number of unbranched alkanes of at least 4 members (excludes halogenated alkanes) is 3. The highest BCUT2D eigenvalue weighted by molar-refractivity contribution is 5.86. The number of esters is 2. The van der Waals surface area contributed by atoms with E-state index in [4.69, 9.17) is 33.9 Å². The van der Waals surface area contributed by atoms with Gasteiger partial charge in [-0.15, -0.1) is 0 Å². The maximum Gasteiger partial charge on any atom is 0.333 e. The van der Waals surface area contributed by atoms with E-state index < -0.39 is 0 Å². The van der Waals surface area contributed by atoms with Crippen molar-refractivity contribution in [2.45, 2.75) is 32.6 Å². The number of hydrogen-bond acceptors (Lipinski definition) is 9. The Bertz CT molecular complexity index is 428. The zero-order valence-corrected chi connectivity index (χ0v) is 18.1. The Morgan fingerprint density at radius 1 is 0.733 bits per heavy atom. The molecular formula is C21H38O9. The van der Waals surface area contributed by atoms with Gasteiger partial charge in [-0.05, 0) is 32.6 Å². The summed E-state index contributed by atoms with van der Waals surface area (Å²) in [5, 5.41) is 16.7. The van der Waals surface area contributed by atoms with Crippen LogP contribution >= 0.6 is 0 Å². The summed E-state index contributed by atoms with van der Waals surface area (Å²) < 4.78 is 24.8. The molecule has 0 aromatic heterocycles. The van der Waals surface area contributed by atoms with Gasteiger partial charge in [0.05, 0.1) is 66.1 Å². The normalized spacial score (nSPS) is 9.97. The van der Waals surface area contributed by atoms with E-state index in [1.165, 1.54) is 0 Å². The highest BCUT2D eigenvalue weighted by atomic mass is 16.5. The van der Waals surface area contributed by atoms with Gasteiger partial charge in [0.2, 0.25) is 0 Å². The van der Waals surface area contributed by atoms with Crippen molar-refractivity contribution in [3.63, 3.8) is 0 Å². The molecule has 2 N–H and O–H groups in total. The van der Waals surface area contributed by atoms with Gasteiger partial charge in [0.1, 0.15) is 0 Å².